The lowest BCUT2D eigenvalue weighted by molar-refractivity contribution is -0.132. The van der Waals surface area contributed by atoms with E-state index in [1.165, 1.54) is 12.1 Å². The largest absolute Gasteiger partial charge is 0.462 e. The number of hydrogen-bond donors (Lipinski definition) is 2. The van der Waals surface area contributed by atoms with E-state index in [1.54, 1.807) is 46.4 Å². The molecule has 10 heteroatoms. The van der Waals surface area contributed by atoms with Crippen molar-refractivity contribution >= 4 is 28.7 Å². The number of aryl methyl sites for hydroxylation is 1. The molecule has 0 radical (unpaired) electrons. The summed E-state index contributed by atoms with van der Waals surface area (Å²) < 4.78 is 20.9. The van der Waals surface area contributed by atoms with Crippen molar-refractivity contribution in [2.75, 3.05) is 18.4 Å². The van der Waals surface area contributed by atoms with Gasteiger partial charge in [-0.1, -0.05) is 13.0 Å². The second-order valence-electron chi connectivity index (χ2n) is 10.6. The van der Waals surface area contributed by atoms with Gasteiger partial charge in [0.15, 0.2) is 5.58 Å². The predicted octanol–water partition coefficient (Wildman–Crippen LogP) is 5.20. The fourth-order valence-corrected chi connectivity index (χ4v) is 6.01. The highest BCUT2D eigenvalue weighted by atomic mass is 19.1. The Labute approximate surface area is 229 Å². The predicted molar refractivity (Wildman–Crippen MR) is 146 cm³/mol. The van der Waals surface area contributed by atoms with Crippen LogP contribution in [0.5, 0.6) is 0 Å². The highest BCUT2D eigenvalue weighted by Crippen LogP contribution is 2.53. The molecule has 1 aliphatic heterocycles. The number of benzene rings is 1. The van der Waals surface area contributed by atoms with Gasteiger partial charge in [0.25, 0.3) is 5.91 Å². The summed E-state index contributed by atoms with van der Waals surface area (Å²) in [6.45, 7) is 2.84. The minimum Gasteiger partial charge on any atom is -0.462 e. The highest BCUT2D eigenvalue weighted by molar-refractivity contribution is 6.02. The molecule has 40 heavy (non-hydrogen) atoms. The van der Waals surface area contributed by atoms with E-state index in [0.29, 0.717) is 48.7 Å². The van der Waals surface area contributed by atoms with Crippen LogP contribution in [-0.4, -0.2) is 49.6 Å². The van der Waals surface area contributed by atoms with Gasteiger partial charge in [0.05, 0.1) is 22.3 Å². The molecule has 2 atom stereocenters. The molecule has 7 rings (SSSR count). The molecule has 1 saturated carbocycles. The van der Waals surface area contributed by atoms with Crippen molar-refractivity contribution < 1.29 is 18.4 Å². The van der Waals surface area contributed by atoms with Crippen molar-refractivity contribution in [2.45, 2.75) is 26.2 Å². The lowest BCUT2D eigenvalue weighted by atomic mass is 9.61. The van der Waals surface area contributed by atoms with Gasteiger partial charge in [0.1, 0.15) is 23.6 Å². The molecule has 5 aromatic rings. The van der Waals surface area contributed by atoms with Crippen molar-refractivity contribution in [3.05, 3.63) is 84.4 Å². The average Bonchev–Trinajstić information content (AvgIpc) is 3.72. The van der Waals surface area contributed by atoms with Gasteiger partial charge in [-0.25, -0.2) is 9.07 Å². The molecule has 2 aliphatic rings. The number of pyridine rings is 1. The van der Waals surface area contributed by atoms with E-state index in [4.69, 9.17) is 4.42 Å². The van der Waals surface area contributed by atoms with Crippen LogP contribution in [0.25, 0.3) is 27.9 Å². The van der Waals surface area contributed by atoms with Crippen molar-refractivity contribution in [2.24, 2.45) is 11.3 Å². The topological polar surface area (TPSA) is 109 Å². The number of halogens is 1. The van der Waals surface area contributed by atoms with E-state index >= 15 is 0 Å². The second kappa shape index (κ2) is 9.18. The molecular formula is C30H27FN6O3. The Morgan fingerprint density at radius 1 is 1.23 bits per heavy atom. The lowest BCUT2D eigenvalue weighted by Crippen LogP contribution is -2.49. The number of rotatable bonds is 6. The quantitative estimate of drug-likeness (QED) is 0.309. The molecule has 2 N–H and O–H groups in total. The van der Waals surface area contributed by atoms with Crippen LogP contribution >= 0.6 is 0 Å². The van der Waals surface area contributed by atoms with Gasteiger partial charge in [0, 0.05) is 48.7 Å². The first kappa shape index (κ1) is 24.3. The number of amides is 2. The van der Waals surface area contributed by atoms with Crippen LogP contribution in [-0.2, 0) is 11.2 Å². The zero-order valence-corrected chi connectivity index (χ0v) is 21.9. The maximum absolute atomic E-state index is 13.8. The number of aromatic nitrogens is 4. The van der Waals surface area contributed by atoms with E-state index in [9.17, 15) is 14.0 Å². The maximum atomic E-state index is 13.8. The summed E-state index contributed by atoms with van der Waals surface area (Å²) in [6.07, 6.45) is 7.39. The van der Waals surface area contributed by atoms with Crippen molar-refractivity contribution in [3.63, 3.8) is 0 Å². The molecule has 1 saturated heterocycles. The summed E-state index contributed by atoms with van der Waals surface area (Å²) in [6, 6.07) is 13.3. The number of hydrogen-bond acceptors (Lipinski definition) is 5. The maximum Gasteiger partial charge on any atom is 0.270 e. The van der Waals surface area contributed by atoms with Crippen LogP contribution in [0, 0.1) is 17.2 Å². The number of nitrogens with one attached hydrogen (secondary N) is 2. The molecule has 5 heterocycles. The van der Waals surface area contributed by atoms with Crippen LogP contribution in [0.15, 0.2) is 71.6 Å². The third-order valence-electron chi connectivity index (χ3n) is 8.37. The zero-order valence-electron chi connectivity index (χ0n) is 21.9. The lowest BCUT2D eigenvalue weighted by Gasteiger charge is -2.41. The molecule has 4 aromatic heterocycles. The Bertz CT molecular complexity index is 1740. The smallest absolute Gasteiger partial charge is 0.270 e. The molecule has 9 nitrogen and oxygen atoms in total. The molecule has 1 aromatic carbocycles. The van der Waals surface area contributed by atoms with Crippen LogP contribution in [0.4, 0.5) is 10.2 Å². The van der Waals surface area contributed by atoms with Gasteiger partial charge < -0.3 is 19.6 Å². The highest BCUT2D eigenvalue weighted by Gasteiger charge is 2.59. The summed E-state index contributed by atoms with van der Waals surface area (Å²) in [5.74, 6) is -0.00905. The Morgan fingerprint density at radius 3 is 2.80 bits per heavy atom. The van der Waals surface area contributed by atoms with E-state index in [1.807, 2.05) is 25.1 Å². The van der Waals surface area contributed by atoms with E-state index in [0.717, 1.165) is 28.8 Å². The minimum absolute atomic E-state index is 0.0770. The zero-order chi connectivity index (χ0) is 27.4. The Hall–Kier alpha value is -4.73. The normalized spacial score (nSPS) is 19.9. The van der Waals surface area contributed by atoms with Crippen LogP contribution < -0.4 is 5.32 Å². The first-order chi connectivity index (χ1) is 19.4. The summed E-state index contributed by atoms with van der Waals surface area (Å²) in [5, 5.41) is 7.68. The van der Waals surface area contributed by atoms with Crippen molar-refractivity contribution in [1.29, 1.82) is 0 Å². The fourth-order valence-electron chi connectivity index (χ4n) is 6.01. The first-order valence-electron chi connectivity index (χ1n) is 13.4. The summed E-state index contributed by atoms with van der Waals surface area (Å²) >= 11 is 0. The monoisotopic (exact) mass is 538 g/mol. The molecular weight excluding hydrogens is 511 g/mol. The first-order valence-corrected chi connectivity index (χ1v) is 13.4. The standard InChI is InChI=1S/C30H27FN6O3/c1-2-21-12-26(37(35-21)22-7-5-20(31)6-8-22)34-29(39)30-10-9-19(30)15-36(17-30)28(38)24-13-25-27(33-24)23(16-40-25)18-4-3-11-32-14-18/h3-8,11-14,16,19,33H,2,9-10,15,17H2,1H3,(H,34,39). The molecule has 0 spiro atoms. The molecule has 2 amide bonds. The Kier molecular flexibility index (Phi) is 5.58. The number of nitrogens with zero attached hydrogens (tertiary/aromatic N) is 4. The second-order valence-corrected chi connectivity index (χ2v) is 10.6. The van der Waals surface area contributed by atoms with Gasteiger partial charge in [-0.2, -0.15) is 5.10 Å². The Morgan fingerprint density at radius 2 is 2.08 bits per heavy atom. The number of fused-ring (bicyclic) bond motifs is 2. The molecule has 2 unspecified atom stereocenters. The number of likely N-dealkylation sites (tertiary alicyclic amines) is 1. The fraction of sp³-hybridized carbons (Fsp3) is 0.267. The third kappa shape index (κ3) is 3.82. The van der Waals surface area contributed by atoms with Crippen LogP contribution in [0.3, 0.4) is 0 Å². The van der Waals surface area contributed by atoms with Gasteiger partial charge in [-0.15, -0.1) is 0 Å². The number of carbonyl (C=O) groups excluding carboxylic acids is 2. The van der Waals surface area contributed by atoms with Gasteiger partial charge in [0.2, 0.25) is 5.91 Å². The molecule has 1 aliphatic carbocycles. The summed E-state index contributed by atoms with van der Waals surface area (Å²) in [7, 11) is 0. The molecule has 2 fully saturated rings. The molecule has 0 bridgehead atoms. The number of aromatic amines is 1. The van der Waals surface area contributed by atoms with Gasteiger partial charge in [-0.05, 0) is 55.5 Å². The van der Waals surface area contributed by atoms with E-state index < -0.39 is 5.41 Å². The summed E-state index contributed by atoms with van der Waals surface area (Å²) in [4.78, 5) is 36.5. The summed E-state index contributed by atoms with van der Waals surface area (Å²) in [5.41, 5.74) is 4.30. The number of carbonyl (C=O) groups is 2. The van der Waals surface area contributed by atoms with Crippen molar-refractivity contribution in [3.8, 4) is 16.8 Å². The van der Waals surface area contributed by atoms with Gasteiger partial charge in [-0.3, -0.25) is 14.6 Å². The van der Waals surface area contributed by atoms with E-state index in [2.05, 4.69) is 20.4 Å². The van der Waals surface area contributed by atoms with Crippen LogP contribution in [0.1, 0.15) is 35.9 Å². The third-order valence-corrected chi connectivity index (χ3v) is 8.37. The van der Waals surface area contributed by atoms with Gasteiger partial charge >= 0.3 is 0 Å². The van der Waals surface area contributed by atoms with E-state index in [-0.39, 0.29) is 23.5 Å². The van der Waals surface area contributed by atoms with Crippen molar-refractivity contribution in [1.82, 2.24) is 24.6 Å². The SMILES string of the molecule is CCc1cc(NC(=O)C23CCC2CN(C(=O)c2cc4occ(-c5cccnc5)c4[nH]2)C3)n(-c2ccc(F)cc2)n1. The average molecular weight is 539 g/mol. The minimum atomic E-state index is -0.660. The number of anilines is 1. The Balaban J connectivity index is 1.12. The number of H-pyrrole nitrogens is 1. The molecule has 202 valence electrons. The number of furan rings is 1. The van der Waals surface area contributed by atoms with Crippen LogP contribution in [0.2, 0.25) is 0 Å².